The molecule has 0 spiro atoms. The van der Waals surface area contributed by atoms with Crippen molar-refractivity contribution in [3.63, 3.8) is 0 Å². The molecule has 1 aromatic carbocycles. The van der Waals surface area contributed by atoms with Gasteiger partial charge in [-0.05, 0) is 24.3 Å². The van der Waals surface area contributed by atoms with Gasteiger partial charge in [-0.3, -0.25) is 0 Å². The van der Waals surface area contributed by atoms with E-state index in [1.165, 1.54) is 0 Å². The Labute approximate surface area is 87.1 Å². The van der Waals surface area contributed by atoms with Gasteiger partial charge in [0.25, 0.3) is 0 Å². The summed E-state index contributed by atoms with van der Waals surface area (Å²) in [6.45, 7) is 0.0284. The van der Waals surface area contributed by atoms with Crippen LogP contribution in [-0.4, -0.2) is 23.5 Å². The fourth-order valence-corrected chi connectivity index (χ4v) is 1.75. The quantitative estimate of drug-likeness (QED) is 0.756. The first-order valence-electron chi connectivity index (χ1n) is 3.97. The molecule has 0 aromatic heterocycles. The minimum absolute atomic E-state index is 0.0284. The standard InChI is InChI=1S/C9H12ClNOS/c10-7-1-3-9(4-2-7)13-6-8(11)5-12/h1-4,8,12H,5-6,11H2. The van der Waals surface area contributed by atoms with Gasteiger partial charge in [0, 0.05) is 21.7 Å². The van der Waals surface area contributed by atoms with E-state index < -0.39 is 0 Å². The molecular formula is C9H12ClNOS. The lowest BCUT2D eigenvalue weighted by atomic mass is 10.4. The highest BCUT2D eigenvalue weighted by Crippen LogP contribution is 2.20. The van der Waals surface area contributed by atoms with Crippen LogP contribution < -0.4 is 5.73 Å². The van der Waals surface area contributed by atoms with E-state index in [1.54, 1.807) is 11.8 Å². The molecule has 0 saturated carbocycles. The molecule has 0 aliphatic carbocycles. The molecule has 1 unspecified atom stereocenters. The van der Waals surface area contributed by atoms with Crippen molar-refractivity contribution in [3.8, 4) is 0 Å². The zero-order valence-corrected chi connectivity index (χ0v) is 8.68. The van der Waals surface area contributed by atoms with Gasteiger partial charge in [0.1, 0.15) is 0 Å². The highest BCUT2D eigenvalue weighted by molar-refractivity contribution is 7.99. The summed E-state index contributed by atoms with van der Waals surface area (Å²) in [7, 11) is 0. The van der Waals surface area contributed by atoms with E-state index in [0.717, 1.165) is 15.7 Å². The molecule has 1 rings (SSSR count). The first-order chi connectivity index (χ1) is 6.22. The van der Waals surface area contributed by atoms with Crippen LogP contribution in [0.25, 0.3) is 0 Å². The number of thioether (sulfide) groups is 1. The lowest BCUT2D eigenvalue weighted by molar-refractivity contribution is 0.275. The maximum atomic E-state index is 8.70. The van der Waals surface area contributed by atoms with Gasteiger partial charge >= 0.3 is 0 Å². The largest absolute Gasteiger partial charge is 0.395 e. The second-order valence-electron chi connectivity index (χ2n) is 2.71. The molecule has 1 aromatic rings. The number of halogens is 1. The predicted molar refractivity (Wildman–Crippen MR) is 57.2 cm³/mol. The normalized spacial score (nSPS) is 12.8. The highest BCUT2D eigenvalue weighted by Gasteiger charge is 2.01. The zero-order chi connectivity index (χ0) is 9.68. The third-order valence-corrected chi connectivity index (χ3v) is 2.96. The number of benzene rings is 1. The van der Waals surface area contributed by atoms with E-state index in [0.29, 0.717) is 0 Å². The van der Waals surface area contributed by atoms with Crippen molar-refractivity contribution < 1.29 is 5.11 Å². The average Bonchev–Trinajstić information content (AvgIpc) is 2.16. The monoisotopic (exact) mass is 217 g/mol. The van der Waals surface area contributed by atoms with Gasteiger partial charge in [0.2, 0.25) is 0 Å². The SMILES string of the molecule is NC(CO)CSc1ccc(Cl)cc1. The highest BCUT2D eigenvalue weighted by atomic mass is 35.5. The van der Waals surface area contributed by atoms with E-state index >= 15 is 0 Å². The fraction of sp³-hybridized carbons (Fsp3) is 0.333. The van der Waals surface area contributed by atoms with Crippen LogP contribution in [0.4, 0.5) is 0 Å². The first kappa shape index (κ1) is 10.9. The topological polar surface area (TPSA) is 46.2 Å². The van der Waals surface area contributed by atoms with Crippen LogP contribution in [0.1, 0.15) is 0 Å². The van der Waals surface area contributed by atoms with Crippen LogP contribution in [0.3, 0.4) is 0 Å². The van der Waals surface area contributed by atoms with Gasteiger partial charge in [-0.15, -0.1) is 11.8 Å². The molecule has 1 atom stereocenters. The number of nitrogens with two attached hydrogens (primary N) is 1. The molecule has 0 fully saturated rings. The zero-order valence-electron chi connectivity index (χ0n) is 7.11. The van der Waals surface area contributed by atoms with Crippen molar-refractivity contribution in [2.24, 2.45) is 5.73 Å². The van der Waals surface area contributed by atoms with Crippen molar-refractivity contribution in [1.82, 2.24) is 0 Å². The molecule has 0 bridgehead atoms. The van der Waals surface area contributed by atoms with Crippen molar-refractivity contribution in [2.45, 2.75) is 10.9 Å². The summed E-state index contributed by atoms with van der Waals surface area (Å²) in [5.41, 5.74) is 5.55. The molecule has 13 heavy (non-hydrogen) atoms. The van der Waals surface area contributed by atoms with Gasteiger partial charge in [0.05, 0.1) is 6.61 Å². The van der Waals surface area contributed by atoms with Crippen LogP contribution in [0.15, 0.2) is 29.2 Å². The Hall–Kier alpha value is -0.220. The van der Waals surface area contributed by atoms with Crippen LogP contribution in [0, 0.1) is 0 Å². The Kier molecular flexibility index (Phi) is 4.59. The fourth-order valence-electron chi connectivity index (χ4n) is 0.787. The molecular weight excluding hydrogens is 206 g/mol. The summed E-state index contributed by atoms with van der Waals surface area (Å²) in [5, 5.41) is 9.43. The molecule has 0 saturated heterocycles. The smallest absolute Gasteiger partial charge is 0.0590 e. The van der Waals surface area contributed by atoms with Gasteiger partial charge in [-0.1, -0.05) is 11.6 Å². The van der Waals surface area contributed by atoms with Crippen molar-refractivity contribution in [1.29, 1.82) is 0 Å². The molecule has 3 N–H and O–H groups in total. The lowest BCUT2D eigenvalue weighted by Crippen LogP contribution is -2.26. The van der Waals surface area contributed by atoms with Gasteiger partial charge in [-0.2, -0.15) is 0 Å². The molecule has 0 aliphatic rings. The van der Waals surface area contributed by atoms with E-state index in [9.17, 15) is 0 Å². The number of aliphatic hydroxyl groups excluding tert-OH is 1. The number of hydrogen-bond donors (Lipinski definition) is 2. The molecule has 0 aliphatic heterocycles. The van der Waals surface area contributed by atoms with Crippen LogP contribution in [0.5, 0.6) is 0 Å². The maximum Gasteiger partial charge on any atom is 0.0590 e. The Morgan fingerprint density at radius 3 is 2.54 bits per heavy atom. The van der Waals surface area contributed by atoms with Crippen LogP contribution >= 0.6 is 23.4 Å². The summed E-state index contributed by atoms with van der Waals surface area (Å²) in [6, 6.07) is 7.41. The summed E-state index contributed by atoms with van der Waals surface area (Å²) in [6.07, 6.45) is 0. The molecule has 0 radical (unpaired) electrons. The minimum Gasteiger partial charge on any atom is -0.395 e. The third kappa shape index (κ3) is 4.00. The van der Waals surface area contributed by atoms with E-state index in [1.807, 2.05) is 24.3 Å². The Morgan fingerprint density at radius 1 is 1.38 bits per heavy atom. The Morgan fingerprint density at radius 2 is 2.00 bits per heavy atom. The minimum atomic E-state index is -0.152. The van der Waals surface area contributed by atoms with Gasteiger partial charge < -0.3 is 10.8 Å². The maximum absolute atomic E-state index is 8.70. The second-order valence-corrected chi connectivity index (χ2v) is 4.24. The van der Waals surface area contributed by atoms with Crippen LogP contribution in [-0.2, 0) is 0 Å². The van der Waals surface area contributed by atoms with Crippen molar-refractivity contribution in [3.05, 3.63) is 29.3 Å². The van der Waals surface area contributed by atoms with E-state index in [2.05, 4.69) is 0 Å². The molecule has 2 nitrogen and oxygen atoms in total. The Balaban J connectivity index is 2.41. The summed E-state index contributed by atoms with van der Waals surface area (Å²) in [4.78, 5) is 1.12. The third-order valence-electron chi connectivity index (χ3n) is 1.51. The first-order valence-corrected chi connectivity index (χ1v) is 5.33. The molecule has 0 heterocycles. The molecule has 0 amide bonds. The second kappa shape index (κ2) is 5.50. The van der Waals surface area contributed by atoms with Gasteiger partial charge in [-0.25, -0.2) is 0 Å². The van der Waals surface area contributed by atoms with Crippen molar-refractivity contribution >= 4 is 23.4 Å². The summed E-state index contributed by atoms with van der Waals surface area (Å²) >= 11 is 7.35. The van der Waals surface area contributed by atoms with Crippen molar-refractivity contribution in [2.75, 3.05) is 12.4 Å². The Bertz CT molecular complexity index is 252. The molecule has 72 valence electrons. The van der Waals surface area contributed by atoms with E-state index in [4.69, 9.17) is 22.4 Å². The summed E-state index contributed by atoms with van der Waals surface area (Å²) in [5.74, 6) is 0.720. The lowest BCUT2D eigenvalue weighted by Gasteiger charge is -2.06. The predicted octanol–water partition coefficient (Wildman–Crippen LogP) is 1.75. The summed E-state index contributed by atoms with van der Waals surface area (Å²) < 4.78 is 0. The number of hydrogen-bond acceptors (Lipinski definition) is 3. The van der Waals surface area contributed by atoms with Gasteiger partial charge in [0.15, 0.2) is 0 Å². The average molecular weight is 218 g/mol. The number of aliphatic hydroxyl groups is 1. The number of rotatable bonds is 4. The van der Waals surface area contributed by atoms with Crippen LogP contribution in [0.2, 0.25) is 5.02 Å². The molecule has 4 heteroatoms. The van der Waals surface area contributed by atoms with E-state index in [-0.39, 0.29) is 12.6 Å².